The van der Waals surface area contributed by atoms with Crippen molar-refractivity contribution in [3.05, 3.63) is 94.9 Å². The Bertz CT molecular complexity index is 971. The van der Waals surface area contributed by atoms with Crippen molar-refractivity contribution in [1.29, 1.82) is 0 Å². The molecule has 1 aromatic heterocycles. The van der Waals surface area contributed by atoms with Crippen molar-refractivity contribution in [2.75, 3.05) is 0 Å². The molecule has 0 aliphatic rings. The molecule has 0 fully saturated rings. The topological polar surface area (TPSA) is 62.6 Å². The minimum Gasteiger partial charge on any atom is -0.467 e. The van der Waals surface area contributed by atoms with Crippen LogP contribution in [-0.4, -0.2) is 22.8 Å². The number of carbonyl (C=O) groups excluding carboxylic acids is 2. The van der Waals surface area contributed by atoms with E-state index in [0.717, 1.165) is 5.56 Å². The van der Waals surface area contributed by atoms with E-state index in [4.69, 9.17) is 16.0 Å². The number of hydrogen-bond acceptors (Lipinski definition) is 3. The zero-order valence-corrected chi connectivity index (χ0v) is 17.8. The van der Waals surface area contributed by atoms with Crippen LogP contribution in [0, 0.1) is 5.92 Å². The van der Waals surface area contributed by atoms with Gasteiger partial charge in [0.05, 0.1) is 23.4 Å². The van der Waals surface area contributed by atoms with Crippen LogP contribution in [0.4, 0.5) is 0 Å². The Labute approximate surface area is 181 Å². The number of nitrogens with zero attached hydrogens (tertiary/aromatic N) is 1. The Morgan fingerprint density at radius 1 is 0.967 bits per heavy atom. The first kappa shape index (κ1) is 21.7. The predicted molar refractivity (Wildman–Crippen MR) is 117 cm³/mol. The Hall–Kier alpha value is -3.05. The number of nitrogens with one attached hydrogen (secondary N) is 1. The van der Waals surface area contributed by atoms with Crippen LogP contribution in [0.5, 0.6) is 0 Å². The zero-order chi connectivity index (χ0) is 21.5. The van der Waals surface area contributed by atoms with Gasteiger partial charge in [-0.1, -0.05) is 67.9 Å². The van der Waals surface area contributed by atoms with Crippen molar-refractivity contribution in [1.82, 2.24) is 10.2 Å². The van der Waals surface area contributed by atoms with Gasteiger partial charge in [0.2, 0.25) is 5.91 Å². The normalized spacial score (nSPS) is 11.9. The van der Waals surface area contributed by atoms with E-state index in [-0.39, 0.29) is 17.7 Å². The highest BCUT2D eigenvalue weighted by Crippen LogP contribution is 2.18. The van der Waals surface area contributed by atoms with Gasteiger partial charge in [0.15, 0.2) is 0 Å². The Morgan fingerprint density at radius 2 is 1.67 bits per heavy atom. The summed E-state index contributed by atoms with van der Waals surface area (Å²) in [5.74, 6) is 0.0222. The van der Waals surface area contributed by atoms with Gasteiger partial charge >= 0.3 is 0 Å². The number of halogens is 1. The number of rotatable bonds is 8. The van der Waals surface area contributed by atoms with Crippen LogP contribution in [0.25, 0.3) is 0 Å². The number of hydrogen-bond donors (Lipinski definition) is 1. The quantitative estimate of drug-likeness (QED) is 0.558. The molecule has 0 aliphatic heterocycles. The first-order valence-corrected chi connectivity index (χ1v) is 10.2. The van der Waals surface area contributed by atoms with Crippen LogP contribution in [0.15, 0.2) is 77.4 Å². The summed E-state index contributed by atoms with van der Waals surface area (Å²) in [4.78, 5) is 28.0. The van der Waals surface area contributed by atoms with E-state index < -0.39 is 6.04 Å². The van der Waals surface area contributed by atoms with Crippen LogP contribution in [-0.2, 0) is 17.9 Å². The predicted octanol–water partition coefficient (Wildman–Crippen LogP) is 4.92. The summed E-state index contributed by atoms with van der Waals surface area (Å²) in [5, 5.41) is 3.22. The third-order valence-electron chi connectivity index (χ3n) is 4.79. The maximum atomic E-state index is 13.5. The second-order valence-corrected chi connectivity index (χ2v) is 7.84. The van der Waals surface area contributed by atoms with Gasteiger partial charge in [-0.25, -0.2) is 0 Å². The summed E-state index contributed by atoms with van der Waals surface area (Å²) in [6.07, 6.45) is 1.58. The number of benzene rings is 2. The third kappa shape index (κ3) is 5.51. The molecule has 1 N–H and O–H groups in total. The van der Waals surface area contributed by atoms with E-state index in [9.17, 15) is 9.59 Å². The maximum absolute atomic E-state index is 13.5. The van der Waals surface area contributed by atoms with Crippen molar-refractivity contribution in [3.8, 4) is 0 Å². The van der Waals surface area contributed by atoms with Gasteiger partial charge in [-0.15, -0.1) is 0 Å². The maximum Gasteiger partial charge on any atom is 0.253 e. The lowest BCUT2D eigenvalue weighted by molar-refractivity contribution is -0.135. The fraction of sp³-hybridized carbons (Fsp3) is 0.250. The summed E-state index contributed by atoms with van der Waals surface area (Å²) in [7, 11) is 0. The van der Waals surface area contributed by atoms with E-state index in [0.29, 0.717) is 29.4 Å². The summed E-state index contributed by atoms with van der Waals surface area (Å²) < 4.78 is 5.46. The summed E-state index contributed by atoms with van der Waals surface area (Å²) in [6.45, 7) is 4.53. The van der Waals surface area contributed by atoms with E-state index in [1.165, 1.54) is 0 Å². The fourth-order valence-electron chi connectivity index (χ4n) is 3.18. The number of carbonyl (C=O) groups is 2. The molecule has 2 aromatic carbocycles. The molecule has 2 amide bonds. The summed E-state index contributed by atoms with van der Waals surface area (Å²) >= 11 is 6.16. The molecule has 5 nitrogen and oxygen atoms in total. The van der Waals surface area contributed by atoms with Gasteiger partial charge in [0, 0.05) is 6.54 Å². The first-order chi connectivity index (χ1) is 14.5. The number of furan rings is 1. The average molecular weight is 425 g/mol. The monoisotopic (exact) mass is 424 g/mol. The molecule has 3 rings (SSSR count). The Kier molecular flexibility index (Phi) is 7.31. The SMILES string of the molecule is CC(C)C(NC(=O)c1ccccc1Cl)C(=O)N(Cc1ccccc1)Cc1ccco1. The summed E-state index contributed by atoms with van der Waals surface area (Å²) in [6, 6.07) is 19.5. The molecule has 0 bridgehead atoms. The molecule has 1 unspecified atom stereocenters. The smallest absolute Gasteiger partial charge is 0.253 e. The van der Waals surface area contributed by atoms with Crippen molar-refractivity contribution in [2.45, 2.75) is 33.0 Å². The van der Waals surface area contributed by atoms with Gasteiger partial charge in [0.1, 0.15) is 11.8 Å². The molecule has 0 aliphatic carbocycles. The lowest BCUT2D eigenvalue weighted by Gasteiger charge is -2.29. The highest BCUT2D eigenvalue weighted by molar-refractivity contribution is 6.33. The van der Waals surface area contributed by atoms with E-state index >= 15 is 0 Å². The molecule has 0 saturated heterocycles. The van der Waals surface area contributed by atoms with Gasteiger partial charge in [-0.3, -0.25) is 9.59 Å². The third-order valence-corrected chi connectivity index (χ3v) is 5.12. The molecule has 3 aromatic rings. The molecule has 6 heteroatoms. The molecular weight excluding hydrogens is 400 g/mol. The van der Waals surface area contributed by atoms with Crippen molar-refractivity contribution >= 4 is 23.4 Å². The molecule has 1 atom stereocenters. The average Bonchev–Trinajstić information content (AvgIpc) is 3.25. The van der Waals surface area contributed by atoms with E-state index in [1.54, 1.807) is 41.5 Å². The van der Waals surface area contributed by atoms with Crippen LogP contribution >= 0.6 is 11.6 Å². The largest absolute Gasteiger partial charge is 0.467 e. The number of amides is 2. The molecule has 30 heavy (non-hydrogen) atoms. The zero-order valence-electron chi connectivity index (χ0n) is 17.0. The standard InChI is InChI=1S/C24H25ClN2O3/c1-17(2)22(26-23(28)20-12-6-7-13-21(20)25)24(29)27(16-19-11-8-14-30-19)15-18-9-4-3-5-10-18/h3-14,17,22H,15-16H2,1-2H3,(H,26,28). The molecule has 0 saturated carbocycles. The van der Waals surface area contributed by atoms with Crippen LogP contribution < -0.4 is 5.32 Å². The summed E-state index contributed by atoms with van der Waals surface area (Å²) in [5.41, 5.74) is 1.34. The molecule has 0 spiro atoms. The van der Waals surface area contributed by atoms with Crippen LogP contribution in [0.1, 0.15) is 35.5 Å². The van der Waals surface area contributed by atoms with E-state index in [2.05, 4.69) is 5.32 Å². The van der Waals surface area contributed by atoms with Crippen molar-refractivity contribution < 1.29 is 14.0 Å². The second kappa shape index (κ2) is 10.1. The van der Waals surface area contributed by atoms with Crippen molar-refractivity contribution in [3.63, 3.8) is 0 Å². The highest BCUT2D eigenvalue weighted by atomic mass is 35.5. The Morgan fingerprint density at radius 3 is 2.30 bits per heavy atom. The Balaban J connectivity index is 1.83. The molecular formula is C24H25ClN2O3. The lowest BCUT2D eigenvalue weighted by Crippen LogP contribution is -2.50. The van der Waals surface area contributed by atoms with Gasteiger partial charge in [-0.2, -0.15) is 0 Å². The second-order valence-electron chi connectivity index (χ2n) is 7.43. The first-order valence-electron chi connectivity index (χ1n) is 9.86. The van der Waals surface area contributed by atoms with E-state index in [1.807, 2.05) is 50.2 Å². The van der Waals surface area contributed by atoms with Gasteiger partial charge in [0.25, 0.3) is 5.91 Å². The van der Waals surface area contributed by atoms with Gasteiger partial charge in [-0.05, 0) is 35.7 Å². The van der Waals surface area contributed by atoms with Crippen LogP contribution in [0.2, 0.25) is 5.02 Å². The molecule has 0 radical (unpaired) electrons. The highest BCUT2D eigenvalue weighted by Gasteiger charge is 2.30. The van der Waals surface area contributed by atoms with Gasteiger partial charge < -0.3 is 14.6 Å². The van der Waals surface area contributed by atoms with Crippen molar-refractivity contribution in [2.24, 2.45) is 5.92 Å². The minimum atomic E-state index is -0.701. The minimum absolute atomic E-state index is 0.112. The molecule has 1 heterocycles. The molecule has 156 valence electrons. The lowest BCUT2D eigenvalue weighted by atomic mass is 10.0. The van der Waals surface area contributed by atoms with Crippen LogP contribution in [0.3, 0.4) is 0 Å². The fourth-order valence-corrected chi connectivity index (χ4v) is 3.40.